The first-order chi connectivity index (χ1) is 11.5. The zero-order chi connectivity index (χ0) is 17.5. The summed E-state index contributed by atoms with van der Waals surface area (Å²) in [4.78, 5) is 26.3. The highest BCUT2D eigenvalue weighted by atomic mass is 16.5. The number of anilines is 1. The largest absolute Gasteiger partial charge is 0.492 e. The molecule has 6 nitrogen and oxygen atoms in total. The Balaban J connectivity index is 1.88. The summed E-state index contributed by atoms with van der Waals surface area (Å²) in [5, 5.41) is 5.85. The lowest BCUT2D eigenvalue weighted by Crippen LogP contribution is -2.47. The van der Waals surface area contributed by atoms with Crippen LogP contribution in [0.1, 0.15) is 33.6 Å². The van der Waals surface area contributed by atoms with Crippen molar-refractivity contribution >= 4 is 17.6 Å². The molecule has 0 unspecified atom stereocenters. The molecule has 0 radical (unpaired) electrons. The van der Waals surface area contributed by atoms with Crippen LogP contribution in [-0.4, -0.2) is 42.6 Å². The van der Waals surface area contributed by atoms with Crippen LogP contribution >= 0.6 is 0 Å². The minimum atomic E-state index is -0.0808. The number of urea groups is 1. The van der Waals surface area contributed by atoms with E-state index in [2.05, 4.69) is 10.6 Å². The number of carbonyl (C=O) groups is 2. The Kier molecular flexibility index (Phi) is 6.46. The van der Waals surface area contributed by atoms with E-state index in [0.29, 0.717) is 44.0 Å². The van der Waals surface area contributed by atoms with Gasteiger partial charge in [0, 0.05) is 25.0 Å². The monoisotopic (exact) mass is 333 g/mol. The van der Waals surface area contributed by atoms with E-state index < -0.39 is 0 Å². The summed E-state index contributed by atoms with van der Waals surface area (Å²) in [6, 6.07) is 7.51. The quantitative estimate of drug-likeness (QED) is 0.870. The van der Waals surface area contributed by atoms with Crippen molar-refractivity contribution in [3.63, 3.8) is 0 Å². The number of ether oxygens (including phenoxy) is 1. The number of rotatable bonds is 5. The van der Waals surface area contributed by atoms with Gasteiger partial charge in [0.2, 0.25) is 5.91 Å². The predicted molar refractivity (Wildman–Crippen MR) is 94.2 cm³/mol. The van der Waals surface area contributed by atoms with E-state index in [0.717, 1.165) is 0 Å². The highest BCUT2D eigenvalue weighted by molar-refractivity contribution is 5.94. The lowest BCUT2D eigenvalue weighted by molar-refractivity contribution is -0.121. The summed E-state index contributed by atoms with van der Waals surface area (Å²) in [5.74, 6) is 0.593. The van der Waals surface area contributed by atoms with Crippen molar-refractivity contribution in [1.82, 2.24) is 10.2 Å². The highest BCUT2D eigenvalue weighted by Crippen LogP contribution is 2.26. The van der Waals surface area contributed by atoms with Crippen LogP contribution in [0.5, 0.6) is 5.75 Å². The zero-order valence-electron chi connectivity index (χ0n) is 14.7. The SMILES string of the molecule is CCOc1ccccc1NC(=O)C1CCN(C(=O)NC(C)C)CC1. The molecule has 1 saturated heterocycles. The van der Waals surface area contributed by atoms with Crippen LogP contribution in [0.25, 0.3) is 0 Å². The fourth-order valence-corrected chi connectivity index (χ4v) is 2.77. The van der Waals surface area contributed by atoms with Gasteiger partial charge in [-0.3, -0.25) is 4.79 Å². The number of hydrogen-bond acceptors (Lipinski definition) is 3. The minimum Gasteiger partial charge on any atom is -0.492 e. The van der Waals surface area contributed by atoms with Gasteiger partial charge in [-0.1, -0.05) is 12.1 Å². The molecule has 1 heterocycles. The van der Waals surface area contributed by atoms with Crippen molar-refractivity contribution in [3.8, 4) is 5.75 Å². The topological polar surface area (TPSA) is 70.7 Å². The molecule has 0 aromatic heterocycles. The molecule has 6 heteroatoms. The summed E-state index contributed by atoms with van der Waals surface area (Å²) in [6.07, 6.45) is 1.35. The van der Waals surface area contributed by atoms with Crippen molar-refractivity contribution in [1.29, 1.82) is 0 Å². The molecular weight excluding hydrogens is 306 g/mol. The lowest BCUT2D eigenvalue weighted by Gasteiger charge is -2.32. The van der Waals surface area contributed by atoms with Gasteiger partial charge in [-0.2, -0.15) is 0 Å². The van der Waals surface area contributed by atoms with Gasteiger partial charge in [0.05, 0.1) is 12.3 Å². The van der Waals surface area contributed by atoms with Crippen molar-refractivity contribution in [3.05, 3.63) is 24.3 Å². The number of nitrogens with one attached hydrogen (secondary N) is 2. The van der Waals surface area contributed by atoms with E-state index in [9.17, 15) is 9.59 Å². The van der Waals surface area contributed by atoms with Gasteiger partial charge in [0.15, 0.2) is 0 Å². The Morgan fingerprint density at radius 2 is 1.92 bits per heavy atom. The second-order valence-corrected chi connectivity index (χ2v) is 6.28. The number of carbonyl (C=O) groups excluding carboxylic acids is 2. The van der Waals surface area contributed by atoms with E-state index in [1.165, 1.54) is 0 Å². The van der Waals surface area contributed by atoms with Gasteiger partial charge in [-0.05, 0) is 45.7 Å². The van der Waals surface area contributed by atoms with E-state index in [4.69, 9.17) is 4.74 Å². The van der Waals surface area contributed by atoms with Crippen molar-refractivity contribution in [2.45, 2.75) is 39.7 Å². The highest BCUT2D eigenvalue weighted by Gasteiger charge is 2.27. The van der Waals surface area contributed by atoms with Gasteiger partial charge < -0.3 is 20.3 Å². The second kappa shape index (κ2) is 8.57. The Labute approximate surface area is 143 Å². The van der Waals surface area contributed by atoms with Crippen molar-refractivity contribution in [2.24, 2.45) is 5.92 Å². The number of piperidine rings is 1. The molecule has 1 aromatic rings. The summed E-state index contributed by atoms with van der Waals surface area (Å²) in [5.41, 5.74) is 0.698. The average Bonchev–Trinajstić information content (AvgIpc) is 2.56. The number of benzene rings is 1. The second-order valence-electron chi connectivity index (χ2n) is 6.28. The van der Waals surface area contributed by atoms with Gasteiger partial charge in [-0.15, -0.1) is 0 Å². The molecule has 2 rings (SSSR count). The maximum absolute atomic E-state index is 12.5. The van der Waals surface area contributed by atoms with E-state index in [1.54, 1.807) is 4.90 Å². The van der Waals surface area contributed by atoms with Gasteiger partial charge >= 0.3 is 6.03 Å². The molecule has 1 aromatic carbocycles. The van der Waals surface area contributed by atoms with Crippen LogP contribution < -0.4 is 15.4 Å². The number of nitrogens with zero attached hydrogens (tertiary/aromatic N) is 1. The molecule has 0 spiro atoms. The first kappa shape index (κ1) is 18.1. The third kappa shape index (κ3) is 4.88. The van der Waals surface area contributed by atoms with Gasteiger partial charge in [0.1, 0.15) is 5.75 Å². The lowest BCUT2D eigenvalue weighted by atomic mass is 9.96. The standard InChI is InChI=1S/C18H27N3O3/c1-4-24-16-8-6-5-7-15(16)20-17(22)14-9-11-21(12-10-14)18(23)19-13(2)3/h5-8,13-14H,4,9-12H2,1-3H3,(H,19,23)(H,20,22). The Bertz CT molecular complexity index is 566. The van der Waals surface area contributed by atoms with Crippen LogP contribution in [0, 0.1) is 5.92 Å². The molecule has 0 aliphatic carbocycles. The summed E-state index contributed by atoms with van der Waals surface area (Å²) in [6.45, 7) is 7.54. The smallest absolute Gasteiger partial charge is 0.317 e. The van der Waals surface area contributed by atoms with E-state index in [-0.39, 0.29) is 23.9 Å². The molecule has 1 fully saturated rings. The average molecular weight is 333 g/mol. The summed E-state index contributed by atoms with van der Waals surface area (Å²) in [7, 11) is 0. The fourth-order valence-electron chi connectivity index (χ4n) is 2.77. The van der Waals surface area contributed by atoms with Crippen LogP contribution in [0.4, 0.5) is 10.5 Å². The van der Waals surface area contributed by atoms with Crippen LogP contribution in [0.2, 0.25) is 0 Å². The third-order valence-corrected chi connectivity index (χ3v) is 4.01. The van der Waals surface area contributed by atoms with E-state index in [1.807, 2.05) is 45.0 Å². The van der Waals surface area contributed by atoms with Crippen molar-refractivity contribution < 1.29 is 14.3 Å². The predicted octanol–water partition coefficient (Wildman–Crippen LogP) is 2.85. The Morgan fingerprint density at radius 3 is 2.54 bits per heavy atom. The zero-order valence-corrected chi connectivity index (χ0v) is 14.7. The number of hydrogen-bond donors (Lipinski definition) is 2. The van der Waals surface area contributed by atoms with E-state index >= 15 is 0 Å². The molecule has 24 heavy (non-hydrogen) atoms. The van der Waals surface area contributed by atoms with Crippen LogP contribution in [-0.2, 0) is 4.79 Å². The Morgan fingerprint density at radius 1 is 1.25 bits per heavy atom. The molecule has 2 N–H and O–H groups in total. The molecule has 0 atom stereocenters. The minimum absolute atomic E-state index is 0.00827. The third-order valence-electron chi connectivity index (χ3n) is 4.01. The normalized spacial score (nSPS) is 15.2. The summed E-state index contributed by atoms with van der Waals surface area (Å²) >= 11 is 0. The Hall–Kier alpha value is -2.24. The molecule has 0 bridgehead atoms. The maximum Gasteiger partial charge on any atom is 0.317 e. The first-order valence-corrected chi connectivity index (χ1v) is 8.59. The number of likely N-dealkylation sites (tertiary alicyclic amines) is 1. The van der Waals surface area contributed by atoms with Gasteiger partial charge in [-0.25, -0.2) is 4.79 Å². The molecule has 132 valence electrons. The van der Waals surface area contributed by atoms with Crippen molar-refractivity contribution in [2.75, 3.05) is 25.0 Å². The molecule has 3 amide bonds. The summed E-state index contributed by atoms with van der Waals surface area (Å²) < 4.78 is 5.53. The molecule has 1 aliphatic heterocycles. The van der Waals surface area contributed by atoms with Crippen LogP contribution in [0.3, 0.4) is 0 Å². The number of para-hydroxylation sites is 2. The van der Waals surface area contributed by atoms with Crippen LogP contribution in [0.15, 0.2) is 24.3 Å². The first-order valence-electron chi connectivity index (χ1n) is 8.59. The fraction of sp³-hybridized carbons (Fsp3) is 0.556. The maximum atomic E-state index is 12.5. The molecular formula is C18H27N3O3. The molecule has 1 aliphatic rings. The molecule has 0 saturated carbocycles. The van der Waals surface area contributed by atoms with Gasteiger partial charge in [0.25, 0.3) is 0 Å². The number of amides is 3.